The van der Waals surface area contributed by atoms with E-state index in [1.54, 1.807) is 7.11 Å². The second kappa shape index (κ2) is 5.54. The number of hydrogen-bond acceptors (Lipinski definition) is 3. The average Bonchev–Trinajstić information content (AvgIpc) is 2.71. The molecule has 0 aliphatic heterocycles. The Hall–Kier alpha value is -1.03. The summed E-state index contributed by atoms with van der Waals surface area (Å²) >= 11 is 0. The fourth-order valence-corrected chi connectivity index (χ4v) is 2.96. The van der Waals surface area contributed by atoms with Crippen LogP contribution in [0.3, 0.4) is 0 Å². The highest BCUT2D eigenvalue weighted by Gasteiger charge is 2.27. The summed E-state index contributed by atoms with van der Waals surface area (Å²) in [5.41, 5.74) is 1.26. The zero-order valence-corrected chi connectivity index (χ0v) is 11.1. The van der Waals surface area contributed by atoms with Crippen LogP contribution in [0.25, 0.3) is 0 Å². The maximum absolute atomic E-state index is 5.41. The van der Waals surface area contributed by atoms with Crippen LogP contribution >= 0.6 is 0 Å². The van der Waals surface area contributed by atoms with Crippen molar-refractivity contribution in [3.63, 3.8) is 0 Å². The molecule has 0 amide bonds. The number of nitrogens with one attached hydrogen (secondary N) is 1. The molecule has 1 N–H and O–H groups in total. The summed E-state index contributed by atoms with van der Waals surface area (Å²) in [5, 5.41) is 7.87. The lowest BCUT2D eigenvalue weighted by atomic mass is 9.83. The van der Waals surface area contributed by atoms with Crippen LogP contribution in [0.15, 0.2) is 6.20 Å². The van der Waals surface area contributed by atoms with Gasteiger partial charge in [-0.15, -0.1) is 0 Å². The average molecular weight is 237 g/mol. The van der Waals surface area contributed by atoms with E-state index in [1.165, 1.54) is 31.4 Å². The highest BCUT2D eigenvalue weighted by atomic mass is 16.5. The summed E-state index contributed by atoms with van der Waals surface area (Å²) < 4.78 is 7.38. The van der Waals surface area contributed by atoms with Gasteiger partial charge in [0.1, 0.15) is 0 Å². The molecule has 2 rings (SSSR count). The molecule has 17 heavy (non-hydrogen) atoms. The number of methoxy groups -OCH3 is 1. The van der Waals surface area contributed by atoms with Crippen LogP contribution in [0, 0.1) is 0 Å². The van der Waals surface area contributed by atoms with Crippen molar-refractivity contribution in [1.29, 1.82) is 0 Å². The van der Waals surface area contributed by atoms with Gasteiger partial charge in [-0.25, -0.2) is 0 Å². The third-order valence-electron chi connectivity index (χ3n) is 3.72. The molecular weight excluding hydrogens is 214 g/mol. The van der Waals surface area contributed by atoms with Crippen LogP contribution in [0.2, 0.25) is 0 Å². The minimum absolute atomic E-state index is 0.579. The van der Waals surface area contributed by atoms with Gasteiger partial charge in [0.15, 0.2) is 5.75 Å². The van der Waals surface area contributed by atoms with E-state index in [4.69, 9.17) is 4.74 Å². The van der Waals surface area contributed by atoms with Gasteiger partial charge < -0.3 is 10.1 Å². The van der Waals surface area contributed by atoms with E-state index in [0.717, 1.165) is 12.3 Å². The van der Waals surface area contributed by atoms with Gasteiger partial charge in [-0.3, -0.25) is 4.68 Å². The number of hydrogen-bond donors (Lipinski definition) is 1. The summed E-state index contributed by atoms with van der Waals surface area (Å²) in [7, 11) is 3.74. The molecule has 0 spiro atoms. The van der Waals surface area contributed by atoms with Gasteiger partial charge in [0.05, 0.1) is 19.0 Å². The van der Waals surface area contributed by atoms with Crippen molar-refractivity contribution in [3.8, 4) is 5.75 Å². The third kappa shape index (κ3) is 2.63. The molecule has 2 atom stereocenters. The predicted octanol–water partition coefficient (Wildman–Crippen LogP) is 2.06. The number of rotatable bonds is 4. The van der Waals surface area contributed by atoms with Gasteiger partial charge in [0.2, 0.25) is 0 Å². The molecule has 96 valence electrons. The first kappa shape index (κ1) is 12.4. The van der Waals surface area contributed by atoms with Crippen molar-refractivity contribution in [3.05, 3.63) is 11.9 Å². The molecule has 1 heterocycles. The summed E-state index contributed by atoms with van der Waals surface area (Å²) in [6.45, 7) is 3.23. The Morgan fingerprint density at radius 3 is 3.06 bits per heavy atom. The molecule has 2 unspecified atom stereocenters. The molecule has 1 aliphatic carbocycles. The quantitative estimate of drug-likeness (QED) is 0.871. The van der Waals surface area contributed by atoms with Crippen molar-refractivity contribution in [2.45, 2.75) is 44.6 Å². The third-order valence-corrected chi connectivity index (χ3v) is 3.72. The van der Waals surface area contributed by atoms with Crippen LogP contribution in [0.4, 0.5) is 0 Å². The van der Waals surface area contributed by atoms with Crippen molar-refractivity contribution in [2.24, 2.45) is 7.05 Å². The van der Waals surface area contributed by atoms with Crippen molar-refractivity contribution in [2.75, 3.05) is 13.7 Å². The lowest BCUT2D eigenvalue weighted by Crippen LogP contribution is -2.33. The smallest absolute Gasteiger partial charge is 0.160 e. The molecule has 1 aliphatic rings. The summed E-state index contributed by atoms with van der Waals surface area (Å²) in [6.07, 6.45) is 6.86. The van der Waals surface area contributed by atoms with E-state index in [-0.39, 0.29) is 0 Å². The topological polar surface area (TPSA) is 39.1 Å². The molecular formula is C13H23N3O. The first-order valence-electron chi connectivity index (χ1n) is 6.55. The minimum atomic E-state index is 0.579. The van der Waals surface area contributed by atoms with Crippen LogP contribution in [-0.2, 0) is 7.05 Å². The molecule has 1 fully saturated rings. The zero-order valence-electron chi connectivity index (χ0n) is 11.1. The van der Waals surface area contributed by atoms with Gasteiger partial charge in [0, 0.05) is 19.0 Å². The van der Waals surface area contributed by atoms with E-state index in [2.05, 4.69) is 17.3 Å². The molecule has 0 radical (unpaired) electrons. The second-order valence-corrected chi connectivity index (χ2v) is 4.84. The van der Waals surface area contributed by atoms with Crippen LogP contribution in [-0.4, -0.2) is 29.5 Å². The maximum Gasteiger partial charge on any atom is 0.160 e. The number of ether oxygens (including phenoxy) is 1. The summed E-state index contributed by atoms with van der Waals surface area (Å²) in [4.78, 5) is 0. The molecule has 0 bridgehead atoms. The Morgan fingerprint density at radius 2 is 2.35 bits per heavy atom. The van der Waals surface area contributed by atoms with Gasteiger partial charge >= 0.3 is 0 Å². The molecule has 4 heteroatoms. The molecule has 0 aromatic carbocycles. The molecule has 1 aromatic rings. The number of nitrogens with zero attached hydrogens (tertiary/aromatic N) is 2. The Bertz CT molecular complexity index is 360. The van der Waals surface area contributed by atoms with E-state index in [1.807, 2.05) is 17.9 Å². The fraction of sp³-hybridized carbons (Fsp3) is 0.769. The van der Waals surface area contributed by atoms with E-state index in [0.29, 0.717) is 12.0 Å². The van der Waals surface area contributed by atoms with Gasteiger partial charge in [-0.2, -0.15) is 5.10 Å². The maximum atomic E-state index is 5.41. The summed E-state index contributed by atoms with van der Waals surface area (Å²) in [6, 6.07) is 0.651. The molecule has 0 saturated heterocycles. The summed E-state index contributed by atoms with van der Waals surface area (Å²) in [5.74, 6) is 1.52. The number of aryl methyl sites for hydroxylation is 1. The number of aromatic nitrogens is 2. The van der Waals surface area contributed by atoms with E-state index < -0.39 is 0 Å². The van der Waals surface area contributed by atoms with Crippen LogP contribution in [0.5, 0.6) is 5.75 Å². The minimum Gasteiger partial charge on any atom is -0.493 e. The van der Waals surface area contributed by atoms with Gasteiger partial charge in [0.25, 0.3) is 0 Å². The Morgan fingerprint density at radius 1 is 1.53 bits per heavy atom. The molecule has 4 nitrogen and oxygen atoms in total. The lowest BCUT2D eigenvalue weighted by Gasteiger charge is -2.30. The standard InChI is InChI=1S/C13H23N3O/c1-4-14-11-7-5-6-10(8-11)13-12(17-3)9-15-16(13)2/h9-11,14H,4-8H2,1-3H3. The van der Waals surface area contributed by atoms with Crippen molar-refractivity contribution >= 4 is 0 Å². The van der Waals surface area contributed by atoms with Crippen molar-refractivity contribution in [1.82, 2.24) is 15.1 Å². The first-order chi connectivity index (χ1) is 8.26. The Labute approximate surface area is 103 Å². The SMILES string of the molecule is CCNC1CCCC(c2c(OC)cnn2C)C1. The Kier molecular flexibility index (Phi) is 4.05. The van der Waals surface area contributed by atoms with Crippen LogP contribution in [0.1, 0.15) is 44.2 Å². The van der Waals surface area contributed by atoms with Crippen molar-refractivity contribution < 1.29 is 4.74 Å². The van der Waals surface area contributed by atoms with Crippen LogP contribution < -0.4 is 10.1 Å². The largest absolute Gasteiger partial charge is 0.493 e. The first-order valence-corrected chi connectivity index (χ1v) is 6.55. The predicted molar refractivity (Wildman–Crippen MR) is 68.4 cm³/mol. The zero-order chi connectivity index (χ0) is 12.3. The van der Waals surface area contributed by atoms with Gasteiger partial charge in [-0.05, 0) is 25.8 Å². The molecule has 1 aromatic heterocycles. The Balaban J connectivity index is 2.12. The van der Waals surface area contributed by atoms with E-state index in [9.17, 15) is 0 Å². The van der Waals surface area contributed by atoms with Gasteiger partial charge in [-0.1, -0.05) is 13.3 Å². The highest BCUT2D eigenvalue weighted by molar-refractivity contribution is 5.29. The fourth-order valence-electron chi connectivity index (χ4n) is 2.96. The normalized spacial score (nSPS) is 24.9. The molecule has 1 saturated carbocycles. The highest BCUT2D eigenvalue weighted by Crippen LogP contribution is 2.37. The lowest BCUT2D eigenvalue weighted by molar-refractivity contribution is 0.324. The monoisotopic (exact) mass is 237 g/mol. The second-order valence-electron chi connectivity index (χ2n) is 4.84. The van der Waals surface area contributed by atoms with E-state index >= 15 is 0 Å².